The summed E-state index contributed by atoms with van der Waals surface area (Å²) >= 11 is 0. The molecule has 1 unspecified atom stereocenters. The van der Waals surface area contributed by atoms with Crippen LogP contribution in [0.1, 0.15) is 12.5 Å². The van der Waals surface area contributed by atoms with Crippen LogP contribution in [-0.2, 0) is 16.1 Å². The highest BCUT2D eigenvalue weighted by atomic mass is 19.1. The van der Waals surface area contributed by atoms with E-state index in [-0.39, 0.29) is 24.9 Å². The van der Waals surface area contributed by atoms with E-state index in [1.165, 1.54) is 18.2 Å². The van der Waals surface area contributed by atoms with Crippen molar-refractivity contribution in [2.45, 2.75) is 13.5 Å². The van der Waals surface area contributed by atoms with Crippen molar-refractivity contribution in [2.24, 2.45) is 0 Å². The van der Waals surface area contributed by atoms with E-state index in [1.807, 2.05) is 31.2 Å². The Bertz CT molecular complexity index is 796. The highest BCUT2D eigenvalue weighted by Crippen LogP contribution is 2.13. The maximum absolute atomic E-state index is 13.2. The number of nitrogens with zero attached hydrogens (tertiary/aromatic N) is 1. The number of carbonyl (C=O) groups is 2. The molecule has 0 aromatic heterocycles. The zero-order valence-corrected chi connectivity index (χ0v) is 16.5. The lowest BCUT2D eigenvalue weighted by Gasteiger charge is -2.20. The molecule has 0 spiro atoms. The van der Waals surface area contributed by atoms with Crippen LogP contribution in [0.2, 0.25) is 0 Å². The van der Waals surface area contributed by atoms with Crippen molar-refractivity contribution < 1.29 is 23.6 Å². The van der Waals surface area contributed by atoms with Gasteiger partial charge in [-0.05, 0) is 42.8 Å². The van der Waals surface area contributed by atoms with E-state index in [0.717, 1.165) is 16.2 Å². The molecule has 0 aliphatic rings. The minimum absolute atomic E-state index is 0.0649. The normalized spacial score (nSPS) is 11.6. The first-order chi connectivity index (χ1) is 13.4. The van der Waals surface area contributed by atoms with Crippen LogP contribution in [0.5, 0.6) is 5.75 Å². The number of carbonyl (C=O) groups excluding carboxylic acids is 2. The molecule has 2 rings (SSSR count). The van der Waals surface area contributed by atoms with Gasteiger partial charge in [-0.2, -0.15) is 0 Å². The summed E-state index contributed by atoms with van der Waals surface area (Å²) in [6.45, 7) is 3.31. The highest BCUT2D eigenvalue weighted by Gasteiger charge is 2.17. The molecular weight excluding hydrogens is 361 g/mol. The van der Waals surface area contributed by atoms with Gasteiger partial charge >= 0.3 is 0 Å². The van der Waals surface area contributed by atoms with Gasteiger partial charge in [0.05, 0.1) is 13.7 Å². The average Bonchev–Trinajstić information content (AvgIpc) is 2.63. The van der Waals surface area contributed by atoms with E-state index in [0.29, 0.717) is 18.8 Å². The predicted molar refractivity (Wildman–Crippen MR) is 106 cm³/mol. The number of hydrogen-bond donors (Lipinski definition) is 2. The van der Waals surface area contributed by atoms with Crippen molar-refractivity contribution in [3.63, 3.8) is 0 Å². The Labute approximate surface area is 164 Å². The zero-order valence-electron chi connectivity index (χ0n) is 16.5. The quantitative estimate of drug-likeness (QED) is 0.681. The van der Waals surface area contributed by atoms with Crippen molar-refractivity contribution in [1.82, 2.24) is 4.90 Å². The molecule has 2 N–H and O–H groups in total. The predicted octanol–water partition coefficient (Wildman–Crippen LogP) is 1.34. The molecule has 6 nitrogen and oxygen atoms in total. The van der Waals surface area contributed by atoms with Crippen molar-refractivity contribution in [3.8, 4) is 5.75 Å². The van der Waals surface area contributed by atoms with Crippen LogP contribution in [0, 0.1) is 5.82 Å². The Hall–Kier alpha value is -2.93. The van der Waals surface area contributed by atoms with Crippen molar-refractivity contribution in [1.29, 1.82) is 0 Å². The maximum Gasteiger partial charge on any atom is 0.279 e. The van der Waals surface area contributed by atoms with E-state index >= 15 is 0 Å². The molecule has 0 saturated carbocycles. The summed E-state index contributed by atoms with van der Waals surface area (Å²) in [6.07, 6.45) is 0. The fraction of sp³-hybridized carbons (Fsp3) is 0.333. The monoisotopic (exact) mass is 388 g/mol. The van der Waals surface area contributed by atoms with E-state index in [2.05, 4.69) is 5.32 Å². The van der Waals surface area contributed by atoms with Gasteiger partial charge in [0.15, 0.2) is 13.1 Å². The van der Waals surface area contributed by atoms with Crippen LogP contribution in [-0.4, -0.2) is 50.5 Å². The molecule has 2 aromatic carbocycles. The summed E-state index contributed by atoms with van der Waals surface area (Å²) in [5, 5.41) is 2.64. The lowest BCUT2D eigenvalue weighted by Crippen LogP contribution is -3.11. The minimum Gasteiger partial charge on any atom is -0.494 e. The topological polar surface area (TPSA) is 63.1 Å². The van der Waals surface area contributed by atoms with Gasteiger partial charge in [-0.15, -0.1) is 0 Å². The molecular formula is C21H27FN3O3+. The summed E-state index contributed by atoms with van der Waals surface area (Å²) in [7, 11) is 3.51. The van der Waals surface area contributed by atoms with Gasteiger partial charge in [-0.3, -0.25) is 9.59 Å². The lowest BCUT2D eigenvalue weighted by atomic mass is 10.2. The van der Waals surface area contributed by atoms with Crippen LogP contribution in [0.15, 0.2) is 48.5 Å². The second-order valence-electron chi connectivity index (χ2n) is 6.70. The molecule has 0 radical (unpaired) electrons. The van der Waals surface area contributed by atoms with Crippen molar-refractivity contribution in [3.05, 3.63) is 59.9 Å². The van der Waals surface area contributed by atoms with E-state index in [4.69, 9.17) is 4.74 Å². The molecule has 150 valence electrons. The van der Waals surface area contributed by atoms with Crippen molar-refractivity contribution >= 4 is 17.5 Å². The summed E-state index contributed by atoms with van der Waals surface area (Å²) in [5.74, 6) is 0.0494. The third kappa shape index (κ3) is 7.00. The first-order valence-corrected chi connectivity index (χ1v) is 9.19. The fourth-order valence-electron chi connectivity index (χ4n) is 2.72. The van der Waals surface area contributed by atoms with E-state index in [1.54, 1.807) is 25.1 Å². The molecule has 28 heavy (non-hydrogen) atoms. The molecule has 2 amide bonds. The molecule has 0 aliphatic heterocycles. The largest absolute Gasteiger partial charge is 0.494 e. The number of rotatable bonds is 9. The van der Waals surface area contributed by atoms with E-state index in [9.17, 15) is 14.0 Å². The first-order valence-electron chi connectivity index (χ1n) is 9.19. The van der Waals surface area contributed by atoms with E-state index < -0.39 is 5.82 Å². The molecule has 0 aliphatic carbocycles. The van der Waals surface area contributed by atoms with Crippen LogP contribution < -0.4 is 15.0 Å². The number of anilines is 1. The van der Waals surface area contributed by atoms with Crippen molar-refractivity contribution in [2.75, 3.05) is 39.1 Å². The Balaban J connectivity index is 1.79. The van der Waals surface area contributed by atoms with Crippen LogP contribution >= 0.6 is 0 Å². The zero-order chi connectivity index (χ0) is 20.5. The van der Waals surface area contributed by atoms with Gasteiger partial charge in [0.25, 0.3) is 11.8 Å². The smallest absolute Gasteiger partial charge is 0.279 e. The van der Waals surface area contributed by atoms with Crippen LogP contribution in [0.4, 0.5) is 10.1 Å². The molecule has 1 atom stereocenters. The number of halogens is 1. The fourth-order valence-corrected chi connectivity index (χ4v) is 2.72. The Morgan fingerprint density at radius 2 is 1.86 bits per heavy atom. The molecule has 0 saturated heterocycles. The summed E-state index contributed by atoms with van der Waals surface area (Å²) in [4.78, 5) is 26.9. The SMILES string of the molecule is CCOc1ccc(CN(C)C(=O)C[NH+](C)CC(=O)Nc2cccc(F)c2)cc1. The maximum atomic E-state index is 13.2. The Kier molecular flexibility index (Phi) is 7.95. The number of hydrogen-bond acceptors (Lipinski definition) is 3. The Morgan fingerprint density at radius 3 is 2.50 bits per heavy atom. The highest BCUT2D eigenvalue weighted by molar-refractivity contribution is 5.91. The summed E-state index contributed by atoms with van der Waals surface area (Å²) < 4.78 is 18.6. The van der Waals surface area contributed by atoms with Gasteiger partial charge < -0.3 is 19.9 Å². The third-order valence-electron chi connectivity index (χ3n) is 4.10. The standard InChI is InChI=1S/C21H26FN3O3/c1-4-28-19-10-8-16(9-11-19)13-25(3)21(27)15-24(2)14-20(26)23-18-7-5-6-17(22)12-18/h5-12H,4,13-15H2,1-3H3,(H,23,26)/p+1. The second-order valence-corrected chi connectivity index (χ2v) is 6.70. The third-order valence-corrected chi connectivity index (χ3v) is 4.10. The number of amides is 2. The average molecular weight is 388 g/mol. The minimum atomic E-state index is -0.412. The number of nitrogens with one attached hydrogen (secondary N) is 2. The number of likely N-dealkylation sites (N-methyl/N-ethyl adjacent to an activating group) is 2. The van der Waals surface area contributed by atoms with Gasteiger partial charge in [-0.1, -0.05) is 18.2 Å². The molecule has 0 fully saturated rings. The number of quaternary nitrogens is 1. The van der Waals surface area contributed by atoms with Gasteiger partial charge in [-0.25, -0.2) is 4.39 Å². The van der Waals surface area contributed by atoms with Gasteiger partial charge in [0, 0.05) is 19.3 Å². The number of ether oxygens (including phenoxy) is 1. The van der Waals surface area contributed by atoms with Crippen LogP contribution in [0.3, 0.4) is 0 Å². The summed E-state index contributed by atoms with van der Waals surface area (Å²) in [6, 6.07) is 13.3. The van der Waals surface area contributed by atoms with Crippen LogP contribution in [0.25, 0.3) is 0 Å². The second kappa shape index (κ2) is 10.4. The molecule has 2 aromatic rings. The lowest BCUT2D eigenvalue weighted by molar-refractivity contribution is -0.862. The van der Waals surface area contributed by atoms with Gasteiger partial charge in [0.1, 0.15) is 11.6 Å². The first kappa shape index (κ1) is 21.4. The molecule has 0 heterocycles. The summed E-state index contributed by atoms with van der Waals surface area (Å²) in [5.41, 5.74) is 1.40. The number of benzene rings is 2. The molecule has 7 heteroatoms. The Morgan fingerprint density at radius 1 is 1.14 bits per heavy atom. The van der Waals surface area contributed by atoms with Gasteiger partial charge in [0.2, 0.25) is 0 Å². The molecule has 0 bridgehead atoms.